The molecule has 0 unspecified atom stereocenters. The van der Waals surface area contributed by atoms with Gasteiger partial charge < -0.3 is 14.8 Å². The highest BCUT2D eigenvalue weighted by atomic mass is 16.2. The molecule has 196 valence electrons. The van der Waals surface area contributed by atoms with E-state index in [1.165, 1.54) is 24.8 Å². The molecular formula is C31H40N4O2. The van der Waals surface area contributed by atoms with Crippen molar-refractivity contribution in [1.82, 2.24) is 19.8 Å². The lowest BCUT2D eigenvalue weighted by molar-refractivity contribution is -0.135. The smallest absolute Gasteiger partial charge is 0.243 e. The summed E-state index contributed by atoms with van der Waals surface area (Å²) in [5, 5.41) is 3.06. The van der Waals surface area contributed by atoms with Crippen molar-refractivity contribution >= 4 is 22.8 Å². The third-order valence-corrected chi connectivity index (χ3v) is 7.88. The molecule has 2 aliphatic rings. The van der Waals surface area contributed by atoms with Gasteiger partial charge in [-0.25, -0.2) is 4.98 Å². The van der Waals surface area contributed by atoms with E-state index in [0.717, 1.165) is 74.8 Å². The molecule has 37 heavy (non-hydrogen) atoms. The Kier molecular flexibility index (Phi) is 8.54. The van der Waals surface area contributed by atoms with Crippen LogP contribution in [0.25, 0.3) is 11.0 Å². The molecule has 2 aliphatic carbocycles. The first-order valence-electron chi connectivity index (χ1n) is 14.2. The molecule has 0 aliphatic heterocycles. The van der Waals surface area contributed by atoms with Gasteiger partial charge in [0.1, 0.15) is 12.4 Å². The number of aryl methyl sites for hydroxylation is 1. The highest BCUT2D eigenvalue weighted by molar-refractivity contribution is 5.81. The van der Waals surface area contributed by atoms with Gasteiger partial charge in [-0.3, -0.25) is 9.59 Å². The van der Waals surface area contributed by atoms with E-state index in [1.54, 1.807) is 0 Å². The van der Waals surface area contributed by atoms with Gasteiger partial charge >= 0.3 is 0 Å². The Bertz CT molecular complexity index is 1180. The second-order valence-corrected chi connectivity index (χ2v) is 10.8. The number of rotatable bonds is 12. The first kappa shape index (κ1) is 25.5. The molecule has 1 heterocycles. The van der Waals surface area contributed by atoms with E-state index in [2.05, 4.69) is 45.1 Å². The molecule has 1 aromatic heterocycles. The monoisotopic (exact) mass is 500 g/mol. The summed E-state index contributed by atoms with van der Waals surface area (Å²) in [5.74, 6) is 1.66. The largest absolute Gasteiger partial charge is 0.356 e. The topological polar surface area (TPSA) is 67.2 Å². The van der Waals surface area contributed by atoms with Gasteiger partial charge in [-0.1, -0.05) is 68.1 Å². The lowest BCUT2D eigenvalue weighted by Gasteiger charge is -2.35. The maximum absolute atomic E-state index is 13.9. The van der Waals surface area contributed by atoms with Crippen LogP contribution in [0, 0.1) is 5.92 Å². The highest BCUT2D eigenvalue weighted by Crippen LogP contribution is 2.29. The van der Waals surface area contributed by atoms with Crippen LogP contribution in [0.5, 0.6) is 0 Å². The zero-order chi connectivity index (χ0) is 25.5. The van der Waals surface area contributed by atoms with E-state index in [4.69, 9.17) is 4.98 Å². The first-order valence-corrected chi connectivity index (χ1v) is 14.2. The van der Waals surface area contributed by atoms with Gasteiger partial charge in [0.25, 0.3) is 0 Å². The molecule has 6 nitrogen and oxygen atoms in total. The average Bonchev–Trinajstić information content (AvgIpc) is 3.73. The van der Waals surface area contributed by atoms with E-state index in [0.29, 0.717) is 19.1 Å². The molecule has 2 fully saturated rings. The quantitative estimate of drug-likeness (QED) is 0.328. The van der Waals surface area contributed by atoms with Gasteiger partial charge in [-0.2, -0.15) is 0 Å². The number of carbonyl (C=O) groups excluding carboxylic acids is 2. The van der Waals surface area contributed by atoms with Gasteiger partial charge in [0.2, 0.25) is 11.8 Å². The maximum Gasteiger partial charge on any atom is 0.243 e. The van der Waals surface area contributed by atoms with Crippen molar-refractivity contribution in [3.8, 4) is 0 Å². The molecule has 0 saturated heterocycles. The fourth-order valence-corrected chi connectivity index (χ4v) is 5.60. The number of nitrogens with zero attached hydrogens (tertiary/aromatic N) is 3. The second kappa shape index (κ2) is 12.4. The number of nitrogens with one attached hydrogen (secondary N) is 1. The van der Waals surface area contributed by atoms with Crippen molar-refractivity contribution in [3.63, 3.8) is 0 Å². The Morgan fingerprint density at radius 2 is 1.65 bits per heavy atom. The third kappa shape index (κ3) is 6.79. The first-order chi connectivity index (χ1) is 18.2. The molecular weight excluding hydrogens is 460 g/mol. The average molecular weight is 501 g/mol. The van der Waals surface area contributed by atoms with Gasteiger partial charge in [-0.05, 0) is 56.2 Å². The molecule has 0 spiro atoms. The van der Waals surface area contributed by atoms with Crippen LogP contribution < -0.4 is 5.32 Å². The van der Waals surface area contributed by atoms with Crippen LogP contribution in [0.4, 0.5) is 0 Å². The number of unbranched alkanes of at least 4 members (excludes halogenated alkanes) is 2. The zero-order valence-electron chi connectivity index (χ0n) is 21.9. The summed E-state index contributed by atoms with van der Waals surface area (Å²) in [6.45, 7) is 1.75. The van der Waals surface area contributed by atoms with Crippen molar-refractivity contribution < 1.29 is 9.59 Å². The predicted octanol–water partition coefficient (Wildman–Crippen LogP) is 5.64. The predicted molar refractivity (Wildman–Crippen MR) is 147 cm³/mol. The summed E-state index contributed by atoms with van der Waals surface area (Å²) < 4.78 is 2.15. The van der Waals surface area contributed by atoms with Crippen molar-refractivity contribution in [3.05, 3.63) is 66.0 Å². The number of hydrogen-bond donors (Lipinski definition) is 1. The van der Waals surface area contributed by atoms with Crippen molar-refractivity contribution in [1.29, 1.82) is 0 Å². The van der Waals surface area contributed by atoms with Crippen LogP contribution in [0.1, 0.15) is 75.6 Å². The normalized spacial score (nSPS) is 16.1. The van der Waals surface area contributed by atoms with E-state index in [-0.39, 0.29) is 17.7 Å². The maximum atomic E-state index is 13.9. The lowest BCUT2D eigenvalue weighted by atomic mass is 9.93. The number of aromatic nitrogens is 2. The van der Waals surface area contributed by atoms with E-state index in [1.807, 2.05) is 24.3 Å². The second-order valence-electron chi connectivity index (χ2n) is 10.8. The molecule has 0 atom stereocenters. The number of amides is 2. The fourth-order valence-electron chi connectivity index (χ4n) is 5.60. The number of carbonyl (C=O) groups is 2. The Hall–Kier alpha value is -3.15. The number of fused-ring (bicyclic) bond motifs is 1. The summed E-state index contributed by atoms with van der Waals surface area (Å²) in [5.41, 5.74) is 3.17. The van der Waals surface area contributed by atoms with Gasteiger partial charge in [0.15, 0.2) is 0 Å². The number of imidazole rings is 1. The summed E-state index contributed by atoms with van der Waals surface area (Å²) >= 11 is 0. The summed E-state index contributed by atoms with van der Waals surface area (Å²) in [6, 6.07) is 18.8. The number of hydrogen-bond acceptors (Lipinski definition) is 3. The van der Waals surface area contributed by atoms with E-state index < -0.39 is 0 Å². The summed E-state index contributed by atoms with van der Waals surface area (Å²) in [6.07, 6.45) is 11.8. The summed E-state index contributed by atoms with van der Waals surface area (Å²) in [4.78, 5) is 32.8. The van der Waals surface area contributed by atoms with Crippen LogP contribution in [-0.4, -0.2) is 38.9 Å². The minimum Gasteiger partial charge on any atom is -0.356 e. The van der Waals surface area contributed by atoms with Gasteiger partial charge in [0.05, 0.1) is 11.0 Å². The van der Waals surface area contributed by atoms with Crippen LogP contribution in [0.3, 0.4) is 0 Å². The van der Waals surface area contributed by atoms with Crippen LogP contribution >= 0.6 is 0 Å². The Labute approximate surface area is 220 Å². The van der Waals surface area contributed by atoms with E-state index >= 15 is 0 Å². The minimum absolute atomic E-state index is 0.183. The zero-order valence-corrected chi connectivity index (χ0v) is 21.9. The molecule has 6 heteroatoms. The number of para-hydroxylation sites is 2. The van der Waals surface area contributed by atoms with Crippen LogP contribution in [0.2, 0.25) is 0 Å². The van der Waals surface area contributed by atoms with Crippen molar-refractivity contribution in [2.45, 2.75) is 89.8 Å². The van der Waals surface area contributed by atoms with Crippen molar-refractivity contribution in [2.75, 3.05) is 6.54 Å². The highest BCUT2D eigenvalue weighted by Gasteiger charge is 2.29. The molecule has 5 rings (SSSR count). The third-order valence-electron chi connectivity index (χ3n) is 7.88. The van der Waals surface area contributed by atoms with E-state index in [9.17, 15) is 9.59 Å². The standard InChI is InChI=1S/C31H40N4O2/c36-30(34(26-14-6-2-7-15-26)22-24-12-4-1-5-13-24)23-35-28-17-10-9-16-27(28)33-29(35)18-8-3-11-21-32-31(37)25-19-20-25/h1,4-5,9-10,12-13,16-17,25-26H,2-3,6-8,11,14-15,18-23H2,(H,32,37). The van der Waals surface area contributed by atoms with Gasteiger partial charge in [0, 0.05) is 31.5 Å². The molecule has 0 bridgehead atoms. The van der Waals surface area contributed by atoms with Crippen molar-refractivity contribution in [2.24, 2.45) is 5.92 Å². The Balaban J connectivity index is 1.26. The molecule has 0 radical (unpaired) electrons. The van der Waals surface area contributed by atoms with Crippen LogP contribution in [-0.2, 0) is 29.1 Å². The summed E-state index contributed by atoms with van der Waals surface area (Å²) in [7, 11) is 0. The fraction of sp³-hybridized carbons (Fsp3) is 0.516. The molecule has 2 saturated carbocycles. The van der Waals surface area contributed by atoms with Gasteiger partial charge in [-0.15, -0.1) is 0 Å². The lowest BCUT2D eigenvalue weighted by Crippen LogP contribution is -2.42. The Morgan fingerprint density at radius 1 is 0.892 bits per heavy atom. The molecule has 1 N–H and O–H groups in total. The van der Waals surface area contributed by atoms with Crippen LogP contribution in [0.15, 0.2) is 54.6 Å². The molecule has 2 amide bonds. The molecule has 2 aromatic carbocycles. The molecule has 3 aromatic rings. The Morgan fingerprint density at radius 3 is 2.43 bits per heavy atom. The SMILES string of the molecule is O=C(NCCCCCc1nc2ccccc2n1CC(=O)N(Cc1ccccc1)C1CCCCC1)C1CC1. The minimum atomic E-state index is 0.183. The number of benzene rings is 2.